The minimum atomic E-state index is -0.390. The predicted molar refractivity (Wildman–Crippen MR) is 93.6 cm³/mol. The van der Waals surface area contributed by atoms with Gasteiger partial charge in [0.2, 0.25) is 0 Å². The van der Waals surface area contributed by atoms with Crippen molar-refractivity contribution in [2.24, 2.45) is 0 Å². The summed E-state index contributed by atoms with van der Waals surface area (Å²) in [4.78, 5) is 20.3. The number of fused-ring (bicyclic) bond motifs is 1. The fourth-order valence-electron chi connectivity index (χ4n) is 2.80. The fourth-order valence-corrected chi connectivity index (χ4v) is 2.80. The average Bonchev–Trinajstić information content (AvgIpc) is 2.97. The van der Waals surface area contributed by atoms with Gasteiger partial charge in [0.1, 0.15) is 12.1 Å². The van der Waals surface area contributed by atoms with E-state index >= 15 is 0 Å². The quantitative estimate of drug-likeness (QED) is 0.574. The van der Waals surface area contributed by atoms with Crippen LogP contribution in [0, 0.1) is 0 Å². The third-order valence-corrected chi connectivity index (χ3v) is 4.04. The average molecular weight is 333 g/mol. The molecule has 25 heavy (non-hydrogen) atoms. The number of hydrogen-bond donors (Lipinski definition) is 0. The molecule has 0 bridgehead atoms. The Morgan fingerprint density at radius 2 is 1.92 bits per heavy atom. The van der Waals surface area contributed by atoms with Crippen molar-refractivity contribution in [1.29, 1.82) is 0 Å². The molecule has 6 heteroatoms. The van der Waals surface area contributed by atoms with Gasteiger partial charge in [0.15, 0.2) is 5.58 Å². The molecule has 2 aromatic carbocycles. The molecular weight excluding hydrogens is 318 g/mol. The fraction of sp³-hybridized carbons (Fsp3) is 0.105. The SMILES string of the molecule is COc1cccc(Cn2c(=O)oc3cc(-c4cncnc4)ccc32)c1. The standard InChI is InChI=1S/C19H15N3O3/c1-24-16-4-2-3-13(7-16)11-22-17-6-5-14(8-18(17)25-19(22)23)15-9-20-12-21-10-15/h2-10,12H,11H2,1H3. The van der Waals surface area contributed by atoms with E-state index in [2.05, 4.69) is 9.97 Å². The van der Waals surface area contributed by atoms with Gasteiger partial charge in [0.25, 0.3) is 0 Å². The lowest BCUT2D eigenvalue weighted by atomic mass is 10.1. The first-order valence-corrected chi connectivity index (χ1v) is 7.76. The Hall–Kier alpha value is -3.41. The lowest BCUT2D eigenvalue weighted by Crippen LogP contribution is -2.14. The summed E-state index contributed by atoms with van der Waals surface area (Å²) in [7, 11) is 1.62. The zero-order valence-electron chi connectivity index (χ0n) is 13.5. The van der Waals surface area contributed by atoms with Gasteiger partial charge in [0.05, 0.1) is 19.2 Å². The van der Waals surface area contributed by atoms with Gasteiger partial charge in [-0.2, -0.15) is 0 Å². The van der Waals surface area contributed by atoms with Gasteiger partial charge >= 0.3 is 5.76 Å². The summed E-state index contributed by atoms with van der Waals surface area (Å²) in [5, 5.41) is 0. The van der Waals surface area contributed by atoms with Crippen molar-refractivity contribution in [3.63, 3.8) is 0 Å². The number of aromatic nitrogens is 3. The van der Waals surface area contributed by atoms with Crippen LogP contribution in [0.15, 0.2) is 70.4 Å². The molecule has 124 valence electrons. The minimum Gasteiger partial charge on any atom is -0.497 e. The zero-order valence-corrected chi connectivity index (χ0v) is 13.5. The van der Waals surface area contributed by atoms with Crippen molar-refractivity contribution in [1.82, 2.24) is 14.5 Å². The maximum Gasteiger partial charge on any atom is 0.420 e. The number of rotatable bonds is 4. The third-order valence-electron chi connectivity index (χ3n) is 4.04. The number of hydrogen-bond acceptors (Lipinski definition) is 5. The van der Waals surface area contributed by atoms with E-state index in [4.69, 9.17) is 9.15 Å². The van der Waals surface area contributed by atoms with E-state index in [0.29, 0.717) is 12.1 Å². The topological polar surface area (TPSA) is 70.2 Å². The highest BCUT2D eigenvalue weighted by molar-refractivity contribution is 5.80. The van der Waals surface area contributed by atoms with Crippen LogP contribution >= 0.6 is 0 Å². The van der Waals surface area contributed by atoms with Crippen LogP contribution in [-0.2, 0) is 6.54 Å². The second kappa shape index (κ2) is 6.24. The highest BCUT2D eigenvalue weighted by Gasteiger charge is 2.11. The summed E-state index contributed by atoms with van der Waals surface area (Å²) < 4.78 is 12.3. The van der Waals surface area contributed by atoms with Crippen molar-refractivity contribution in [3.05, 3.63) is 77.3 Å². The Bertz CT molecular complexity index is 1080. The molecule has 0 aliphatic heterocycles. The van der Waals surface area contributed by atoms with E-state index in [0.717, 1.165) is 28.0 Å². The first-order valence-electron chi connectivity index (χ1n) is 7.76. The first-order chi connectivity index (χ1) is 12.2. The Labute approximate surface area is 143 Å². The molecule has 0 aliphatic carbocycles. The Morgan fingerprint density at radius 1 is 1.08 bits per heavy atom. The van der Waals surface area contributed by atoms with E-state index in [1.807, 2.05) is 42.5 Å². The Kier molecular flexibility index (Phi) is 3.78. The summed E-state index contributed by atoms with van der Waals surface area (Å²) >= 11 is 0. The van der Waals surface area contributed by atoms with E-state index < -0.39 is 0 Å². The summed E-state index contributed by atoms with van der Waals surface area (Å²) in [5.41, 5.74) is 4.01. The van der Waals surface area contributed by atoms with Crippen LogP contribution in [-0.4, -0.2) is 21.6 Å². The van der Waals surface area contributed by atoms with E-state index in [-0.39, 0.29) is 5.76 Å². The smallest absolute Gasteiger partial charge is 0.420 e. The molecule has 0 radical (unpaired) electrons. The lowest BCUT2D eigenvalue weighted by Gasteiger charge is -2.06. The van der Waals surface area contributed by atoms with Gasteiger partial charge in [-0.15, -0.1) is 0 Å². The van der Waals surface area contributed by atoms with Gasteiger partial charge in [-0.25, -0.2) is 14.8 Å². The second-order valence-corrected chi connectivity index (χ2v) is 5.62. The van der Waals surface area contributed by atoms with E-state index in [1.165, 1.54) is 6.33 Å². The molecule has 0 aliphatic rings. The molecule has 2 heterocycles. The van der Waals surface area contributed by atoms with Gasteiger partial charge in [-0.05, 0) is 35.4 Å². The summed E-state index contributed by atoms with van der Waals surface area (Å²) in [6.45, 7) is 0.414. The predicted octanol–water partition coefficient (Wildman–Crippen LogP) is 3.11. The molecule has 4 aromatic rings. The third kappa shape index (κ3) is 2.89. The summed E-state index contributed by atoms with van der Waals surface area (Å²) in [6.07, 6.45) is 4.92. The number of methoxy groups -OCH3 is 1. The van der Waals surface area contributed by atoms with Crippen molar-refractivity contribution < 1.29 is 9.15 Å². The zero-order chi connectivity index (χ0) is 17.2. The van der Waals surface area contributed by atoms with Gasteiger partial charge in [-0.3, -0.25) is 4.57 Å². The molecule has 0 atom stereocenters. The van der Waals surface area contributed by atoms with Gasteiger partial charge in [0, 0.05) is 18.0 Å². The number of benzene rings is 2. The monoisotopic (exact) mass is 333 g/mol. The Morgan fingerprint density at radius 3 is 2.72 bits per heavy atom. The summed E-state index contributed by atoms with van der Waals surface area (Å²) in [5.74, 6) is 0.365. The number of ether oxygens (including phenoxy) is 1. The van der Waals surface area contributed by atoms with Crippen LogP contribution in [0.3, 0.4) is 0 Å². The highest BCUT2D eigenvalue weighted by atomic mass is 16.5. The van der Waals surface area contributed by atoms with Crippen LogP contribution in [0.4, 0.5) is 0 Å². The largest absolute Gasteiger partial charge is 0.497 e. The van der Waals surface area contributed by atoms with Crippen molar-refractivity contribution in [3.8, 4) is 16.9 Å². The molecular formula is C19H15N3O3. The van der Waals surface area contributed by atoms with Crippen LogP contribution in [0.25, 0.3) is 22.2 Å². The van der Waals surface area contributed by atoms with Crippen molar-refractivity contribution in [2.75, 3.05) is 7.11 Å². The maximum atomic E-state index is 12.3. The molecule has 2 aromatic heterocycles. The summed E-state index contributed by atoms with van der Waals surface area (Å²) in [6, 6.07) is 13.3. The molecule has 0 saturated heterocycles. The van der Waals surface area contributed by atoms with Crippen molar-refractivity contribution >= 4 is 11.1 Å². The van der Waals surface area contributed by atoms with Gasteiger partial charge < -0.3 is 9.15 Å². The van der Waals surface area contributed by atoms with E-state index in [9.17, 15) is 4.79 Å². The number of oxazole rings is 1. The second-order valence-electron chi connectivity index (χ2n) is 5.62. The Balaban J connectivity index is 1.75. The van der Waals surface area contributed by atoms with Gasteiger partial charge in [-0.1, -0.05) is 18.2 Å². The lowest BCUT2D eigenvalue weighted by molar-refractivity contribution is 0.414. The molecule has 0 unspecified atom stereocenters. The first kappa shape index (κ1) is 15.1. The minimum absolute atomic E-state index is 0.390. The van der Waals surface area contributed by atoms with Crippen LogP contribution in [0.1, 0.15) is 5.56 Å². The molecule has 0 amide bonds. The maximum absolute atomic E-state index is 12.3. The highest BCUT2D eigenvalue weighted by Crippen LogP contribution is 2.23. The van der Waals surface area contributed by atoms with E-state index in [1.54, 1.807) is 24.1 Å². The van der Waals surface area contributed by atoms with Crippen LogP contribution < -0.4 is 10.5 Å². The number of nitrogens with zero attached hydrogens (tertiary/aromatic N) is 3. The molecule has 0 fully saturated rings. The molecule has 0 spiro atoms. The molecule has 0 N–H and O–H groups in total. The van der Waals surface area contributed by atoms with Crippen molar-refractivity contribution in [2.45, 2.75) is 6.54 Å². The van der Waals surface area contributed by atoms with Crippen LogP contribution in [0.5, 0.6) is 5.75 Å². The normalized spacial score (nSPS) is 10.9. The van der Waals surface area contributed by atoms with Crippen LogP contribution in [0.2, 0.25) is 0 Å². The molecule has 4 rings (SSSR count). The molecule has 6 nitrogen and oxygen atoms in total. The molecule has 0 saturated carbocycles.